The van der Waals surface area contributed by atoms with Gasteiger partial charge < -0.3 is 0 Å². The van der Waals surface area contributed by atoms with Crippen molar-refractivity contribution in [2.45, 2.75) is 43.3 Å². The summed E-state index contributed by atoms with van der Waals surface area (Å²) >= 11 is 1.75. The predicted molar refractivity (Wildman–Crippen MR) is 64.1 cm³/mol. The number of hydrogen-bond donors (Lipinski definition) is 0. The second-order valence-electron chi connectivity index (χ2n) is 4.41. The minimum atomic E-state index is -0.105. The quantitative estimate of drug-likeness (QED) is 0.753. The normalized spacial score (nSPS) is 17.2. The summed E-state index contributed by atoms with van der Waals surface area (Å²) in [6, 6.07) is 6.85. The van der Waals surface area contributed by atoms with Crippen molar-refractivity contribution in [3.63, 3.8) is 0 Å². The van der Waals surface area contributed by atoms with Gasteiger partial charge in [-0.25, -0.2) is 0 Å². The number of rotatable bonds is 2. The molecule has 1 aromatic rings. The number of aryl methyl sites for hydroxylation is 3. The van der Waals surface area contributed by atoms with Crippen LogP contribution in [0.3, 0.4) is 0 Å². The molecule has 2 heteroatoms. The molecule has 1 fully saturated rings. The summed E-state index contributed by atoms with van der Waals surface area (Å²) in [5.41, 5.74) is 3.94. The van der Waals surface area contributed by atoms with E-state index in [1.165, 1.54) is 21.6 Å². The van der Waals surface area contributed by atoms with Gasteiger partial charge in [-0.1, -0.05) is 6.07 Å². The molecule has 0 saturated heterocycles. The topological polar surface area (TPSA) is 23.8 Å². The summed E-state index contributed by atoms with van der Waals surface area (Å²) in [5, 5.41) is 9.06. The van der Waals surface area contributed by atoms with E-state index in [0.717, 1.165) is 12.8 Å². The molecule has 1 aromatic carbocycles. The van der Waals surface area contributed by atoms with E-state index in [-0.39, 0.29) is 4.75 Å². The SMILES string of the molecule is Cc1cc(C)c(SC2(C#N)CC2)cc1C. The highest BCUT2D eigenvalue weighted by molar-refractivity contribution is 8.01. The summed E-state index contributed by atoms with van der Waals surface area (Å²) in [4.78, 5) is 1.28. The molecule has 0 heterocycles. The Morgan fingerprint density at radius 1 is 1.13 bits per heavy atom. The van der Waals surface area contributed by atoms with Gasteiger partial charge in [-0.3, -0.25) is 0 Å². The molecule has 1 saturated carbocycles. The molecule has 1 aliphatic carbocycles. The van der Waals surface area contributed by atoms with Crippen LogP contribution in [0.2, 0.25) is 0 Å². The molecule has 78 valence electrons. The van der Waals surface area contributed by atoms with Crippen LogP contribution in [0.4, 0.5) is 0 Å². The molecular formula is C13H15NS. The minimum Gasteiger partial charge on any atom is -0.197 e. The van der Waals surface area contributed by atoms with E-state index in [0.29, 0.717) is 0 Å². The van der Waals surface area contributed by atoms with Crippen molar-refractivity contribution in [2.75, 3.05) is 0 Å². The maximum atomic E-state index is 9.06. The molecule has 2 rings (SSSR count). The summed E-state index contributed by atoms with van der Waals surface area (Å²) < 4.78 is -0.105. The summed E-state index contributed by atoms with van der Waals surface area (Å²) in [7, 11) is 0. The Balaban J connectivity index is 2.30. The zero-order valence-corrected chi connectivity index (χ0v) is 10.2. The first-order valence-corrected chi connectivity index (χ1v) is 6.06. The van der Waals surface area contributed by atoms with Crippen LogP contribution in [0.1, 0.15) is 29.5 Å². The molecule has 0 radical (unpaired) electrons. The number of benzene rings is 1. The number of nitriles is 1. The van der Waals surface area contributed by atoms with Gasteiger partial charge in [0.1, 0.15) is 4.75 Å². The van der Waals surface area contributed by atoms with Gasteiger partial charge in [0.05, 0.1) is 6.07 Å². The summed E-state index contributed by atoms with van der Waals surface area (Å²) in [5.74, 6) is 0. The molecule has 1 aliphatic rings. The van der Waals surface area contributed by atoms with E-state index in [4.69, 9.17) is 5.26 Å². The van der Waals surface area contributed by atoms with Crippen LogP contribution in [-0.2, 0) is 0 Å². The first-order chi connectivity index (χ1) is 7.06. The van der Waals surface area contributed by atoms with Crippen LogP contribution in [-0.4, -0.2) is 4.75 Å². The van der Waals surface area contributed by atoms with Crippen molar-refractivity contribution in [3.8, 4) is 6.07 Å². The first-order valence-electron chi connectivity index (χ1n) is 5.24. The van der Waals surface area contributed by atoms with Gasteiger partial charge in [0.25, 0.3) is 0 Å². The van der Waals surface area contributed by atoms with E-state index in [1.54, 1.807) is 11.8 Å². The molecular weight excluding hydrogens is 202 g/mol. The van der Waals surface area contributed by atoms with Crippen LogP contribution >= 0.6 is 11.8 Å². The fourth-order valence-electron chi connectivity index (χ4n) is 1.60. The van der Waals surface area contributed by atoms with Gasteiger partial charge in [-0.05, 0) is 56.4 Å². The lowest BCUT2D eigenvalue weighted by Gasteiger charge is -2.11. The van der Waals surface area contributed by atoms with Crippen molar-refractivity contribution in [1.82, 2.24) is 0 Å². The van der Waals surface area contributed by atoms with E-state index in [1.807, 2.05) is 0 Å². The minimum absolute atomic E-state index is 0.105. The van der Waals surface area contributed by atoms with Gasteiger partial charge in [0.2, 0.25) is 0 Å². The molecule has 0 aromatic heterocycles. The van der Waals surface area contributed by atoms with Crippen LogP contribution < -0.4 is 0 Å². The van der Waals surface area contributed by atoms with Gasteiger partial charge in [0, 0.05) is 4.90 Å². The predicted octanol–water partition coefficient (Wildman–Crippen LogP) is 3.76. The van der Waals surface area contributed by atoms with Crippen molar-refractivity contribution in [2.24, 2.45) is 0 Å². The molecule has 15 heavy (non-hydrogen) atoms. The third kappa shape index (κ3) is 2.03. The zero-order valence-electron chi connectivity index (χ0n) is 9.42. The fraction of sp³-hybridized carbons (Fsp3) is 0.462. The highest BCUT2D eigenvalue weighted by atomic mass is 32.2. The van der Waals surface area contributed by atoms with E-state index < -0.39 is 0 Å². The molecule has 0 aliphatic heterocycles. The Kier molecular flexibility index (Phi) is 2.52. The maximum absolute atomic E-state index is 9.06. The van der Waals surface area contributed by atoms with E-state index in [2.05, 4.69) is 39.0 Å². The van der Waals surface area contributed by atoms with Crippen molar-refractivity contribution < 1.29 is 0 Å². The van der Waals surface area contributed by atoms with Crippen LogP contribution in [0.5, 0.6) is 0 Å². The molecule has 1 nitrogen and oxygen atoms in total. The average Bonchev–Trinajstić information content (AvgIpc) is 2.95. The Morgan fingerprint density at radius 2 is 1.73 bits per heavy atom. The maximum Gasteiger partial charge on any atom is 0.107 e. The highest BCUT2D eigenvalue weighted by Crippen LogP contribution is 2.51. The number of thioether (sulfide) groups is 1. The molecule has 0 bridgehead atoms. The average molecular weight is 217 g/mol. The van der Waals surface area contributed by atoms with Gasteiger partial charge in [-0.15, -0.1) is 11.8 Å². The Labute approximate surface area is 95.5 Å². The fourth-order valence-corrected chi connectivity index (χ4v) is 2.83. The smallest absolute Gasteiger partial charge is 0.107 e. The van der Waals surface area contributed by atoms with E-state index in [9.17, 15) is 0 Å². The summed E-state index contributed by atoms with van der Waals surface area (Å²) in [6.45, 7) is 6.39. The van der Waals surface area contributed by atoms with E-state index >= 15 is 0 Å². The largest absolute Gasteiger partial charge is 0.197 e. The third-order valence-electron chi connectivity index (χ3n) is 3.00. The monoisotopic (exact) mass is 217 g/mol. The second-order valence-corrected chi connectivity index (χ2v) is 5.84. The third-order valence-corrected chi connectivity index (χ3v) is 4.55. The number of hydrogen-bond acceptors (Lipinski definition) is 2. The van der Waals surface area contributed by atoms with Gasteiger partial charge in [0.15, 0.2) is 0 Å². The molecule has 0 spiro atoms. The Hall–Kier alpha value is -0.940. The first kappa shape index (κ1) is 10.6. The lowest BCUT2D eigenvalue weighted by molar-refractivity contribution is 1.16. The van der Waals surface area contributed by atoms with Crippen molar-refractivity contribution in [3.05, 3.63) is 28.8 Å². The lowest BCUT2D eigenvalue weighted by atomic mass is 10.1. The lowest BCUT2D eigenvalue weighted by Crippen LogP contribution is -1.98. The molecule has 0 amide bonds. The Bertz CT molecular complexity index is 439. The highest BCUT2D eigenvalue weighted by Gasteiger charge is 2.44. The zero-order chi connectivity index (χ0) is 11.1. The molecule has 0 unspecified atom stereocenters. The van der Waals surface area contributed by atoms with Crippen LogP contribution in [0.15, 0.2) is 17.0 Å². The molecule has 0 N–H and O–H groups in total. The molecule has 0 atom stereocenters. The van der Waals surface area contributed by atoms with Crippen molar-refractivity contribution in [1.29, 1.82) is 5.26 Å². The standard InChI is InChI=1S/C13H15NS/c1-9-6-11(3)12(7-10(9)2)15-13(8-14)4-5-13/h6-7H,4-5H2,1-3H3. The Morgan fingerprint density at radius 3 is 2.27 bits per heavy atom. The summed E-state index contributed by atoms with van der Waals surface area (Å²) in [6.07, 6.45) is 2.08. The van der Waals surface area contributed by atoms with Crippen molar-refractivity contribution >= 4 is 11.8 Å². The van der Waals surface area contributed by atoms with Crippen LogP contribution in [0, 0.1) is 32.1 Å². The van der Waals surface area contributed by atoms with Gasteiger partial charge in [-0.2, -0.15) is 5.26 Å². The van der Waals surface area contributed by atoms with Gasteiger partial charge >= 0.3 is 0 Å². The number of nitrogens with zero attached hydrogens (tertiary/aromatic N) is 1. The van der Waals surface area contributed by atoms with Crippen LogP contribution in [0.25, 0.3) is 0 Å². The second kappa shape index (κ2) is 3.57.